The fraction of sp³-hybridized carbons (Fsp3) is 0.364. The largest absolute Gasteiger partial charge is 0.481 e. The lowest BCUT2D eigenvalue weighted by Crippen LogP contribution is -2.43. The molecule has 0 radical (unpaired) electrons. The molecular formula is C11H11FN2O4. The minimum absolute atomic E-state index is 0.0524. The molecule has 0 bridgehead atoms. The number of amides is 1. The molecule has 2 atom stereocenters. The van der Waals surface area contributed by atoms with E-state index < -0.39 is 29.8 Å². The molecule has 2 rings (SSSR count). The van der Waals surface area contributed by atoms with Gasteiger partial charge in [-0.1, -0.05) is 6.07 Å². The Morgan fingerprint density at radius 1 is 1.44 bits per heavy atom. The Morgan fingerprint density at radius 3 is 2.89 bits per heavy atom. The van der Waals surface area contributed by atoms with Crippen molar-refractivity contribution in [1.29, 1.82) is 0 Å². The Balaban J connectivity index is 2.05. The SMILES string of the molecule is O=C(NC1COCC1C(=O)O)c1cccc(F)n1. The van der Waals surface area contributed by atoms with Gasteiger partial charge in [0.1, 0.15) is 11.6 Å². The number of carbonyl (C=O) groups excluding carboxylic acids is 1. The van der Waals surface area contributed by atoms with Gasteiger partial charge in [-0.05, 0) is 12.1 Å². The molecule has 6 nitrogen and oxygen atoms in total. The fourth-order valence-corrected chi connectivity index (χ4v) is 1.72. The second-order valence-corrected chi connectivity index (χ2v) is 3.91. The number of pyridine rings is 1. The summed E-state index contributed by atoms with van der Waals surface area (Å²) in [6, 6.07) is 3.21. The lowest BCUT2D eigenvalue weighted by atomic mass is 10.0. The fourth-order valence-electron chi connectivity index (χ4n) is 1.72. The van der Waals surface area contributed by atoms with Crippen molar-refractivity contribution in [2.24, 2.45) is 5.92 Å². The second-order valence-electron chi connectivity index (χ2n) is 3.91. The number of hydrogen-bond donors (Lipinski definition) is 2. The summed E-state index contributed by atoms with van der Waals surface area (Å²) in [5.74, 6) is -3.20. The van der Waals surface area contributed by atoms with E-state index in [1.54, 1.807) is 0 Å². The zero-order chi connectivity index (χ0) is 13.1. The minimum Gasteiger partial charge on any atom is -0.481 e. The predicted octanol–water partition coefficient (Wildman–Crippen LogP) is 0.0501. The molecule has 0 aliphatic carbocycles. The van der Waals surface area contributed by atoms with Crippen molar-refractivity contribution >= 4 is 11.9 Å². The molecule has 1 aliphatic heterocycles. The van der Waals surface area contributed by atoms with Gasteiger partial charge in [0.2, 0.25) is 5.95 Å². The van der Waals surface area contributed by atoms with Crippen LogP contribution >= 0.6 is 0 Å². The van der Waals surface area contributed by atoms with Gasteiger partial charge in [-0.15, -0.1) is 0 Å². The molecule has 1 saturated heterocycles. The average Bonchev–Trinajstić information content (AvgIpc) is 2.77. The van der Waals surface area contributed by atoms with Gasteiger partial charge in [-0.2, -0.15) is 4.39 Å². The lowest BCUT2D eigenvalue weighted by Gasteiger charge is -2.15. The van der Waals surface area contributed by atoms with Gasteiger partial charge in [-0.25, -0.2) is 4.98 Å². The number of aromatic nitrogens is 1. The molecule has 1 fully saturated rings. The molecule has 96 valence electrons. The second kappa shape index (κ2) is 5.09. The first-order chi connectivity index (χ1) is 8.58. The Morgan fingerprint density at radius 2 is 2.22 bits per heavy atom. The standard InChI is InChI=1S/C11H11FN2O4/c12-9-3-1-2-7(13-9)10(15)14-8-5-18-4-6(8)11(16)17/h1-3,6,8H,4-5H2,(H,14,15)(H,16,17). The lowest BCUT2D eigenvalue weighted by molar-refractivity contribution is -0.142. The number of ether oxygens (including phenoxy) is 1. The van der Waals surface area contributed by atoms with Crippen molar-refractivity contribution in [2.75, 3.05) is 13.2 Å². The number of carbonyl (C=O) groups is 2. The Kier molecular flexibility index (Phi) is 3.52. The predicted molar refractivity (Wildman–Crippen MR) is 57.4 cm³/mol. The molecule has 0 spiro atoms. The summed E-state index contributed by atoms with van der Waals surface area (Å²) in [5.41, 5.74) is -0.0916. The van der Waals surface area contributed by atoms with Gasteiger partial charge in [0.25, 0.3) is 5.91 Å². The maximum absolute atomic E-state index is 12.8. The van der Waals surface area contributed by atoms with E-state index in [1.807, 2.05) is 0 Å². The Bertz CT molecular complexity index is 480. The maximum atomic E-state index is 12.8. The summed E-state index contributed by atoms with van der Waals surface area (Å²) in [6.45, 7) is 0.175. The van der Waals surface area contributed by atoms with Gasteiger partial charge >= 0.3 is 5.97 Å². The third-order valence-electron chi connectivity index (χ3n) is 2.66. The molecular weight excluding hydrogens is 243 g/mol. The third-order valence-corrected chi connectivity index (χ3v) is 2.66. The van der Waals surface area contributed by atoms with Crippen molar-refractivity contribution in [1.82, 2.24) is 10.3 Å². The van der Waals surface area contributed by atoms with Crippen LogP contribution in [0.1, 0.15) is 10.5 Å². The summed E-state index contributed by atoms with van der Waals surface area (Å²) in [7, 11) is 0. The minimum atomic E-state index is -1.04. The first kappa shape index (κ1) is 12.4. The van der Waals surface area contributed by atoms with Crippen LogP contribution in [-0.2, 0) is 9.53 Å². The Hall–Kier alpha value is -2.02. The van der Waals surface area contributed by atoms with E-state index in [1.165, 1.54) is 12.1 Å². The zero-order valence-corrected chi connectivity index (χ0v) is 9.30. The highest BCUT2D eigenvalue weighted by Crippen LogP contribution is 2.14. The monoisotopic (exact) mass is 254 g/mol. The van der Waals surface area contributed by atoms with Crippen molar-refractivity contribution in [3.63, 3.8) is 0 Å². The van der Waals surface area contributed by atoms with Gasteiger partial charge in [0.15, 0.2) is 0 Å². The number of aliphatic carboxylic acids is 1. The molecule has 0 saturated carbocycles. The number of nitrogens with one attached hydrogen (secondary N) is 1. The summed E-state index contributed by atoms with van der Waals surface area (Å²) in [6.07, 6.45) is 0. The van der Waals surface area contributed by atoms with Crippen LogP contribution in [0.15, 0.2) is 18.2 Å². The summed E-state index contributed by atoms with van der Waals surface area (Å²) < 4.78 is 17.8. The maximum Gasteiger partial charge on any atom is 0.311 e. The molecule has 2 N–H and O–H groups in total. The first-order valence-corrected chi connectivity index (χ1v) is 5.32. The third kappa shape index (κ3) is 2.62. The highest BCUT2D eigenvalue weighted by molar-refractivity contribution is 5.92. The van der Waals surface area contributed by atoms with Crippen molar-refractivity contribution in [3.8, 4) is 0 Å². The van der Waals surface area contributed by atoms with Crippen LogP contribution in [0, 0.1) is 11.9 Å². The van der Waals surface area contributed by atoms with Crippen molar-refractivity contribution in [2.45, 2.75) is 6.04 Å². The molecule has 1 aromatic rings. The molecule has 1 aliphatic rings. The number of carboxylic acid groups (broad SMARTS) is 1. The molecule has 2 unspecified atom stereocenters. The van der Waals surface area contributed by atoms with E-state index in [0.717, 1.165) is 6.07 Å². The van der Waals surface area contributed by atoms with Crippen LogP contribution in [0.4, 0.5) is 4.39 Å². The summed E-state index contributed by atoms with van der Waals surface area (Å²) >= 11 is 0. The zero-order valence-electron chi connectivity index (χ0n) is 9.30. The van der Waals surface area contributed by atoms with E-state index in [4.69, 9.17) is 9.84 Å². The quantitative estimate of drug-likeness (QED) is 0.744. The van der Waals surface area contributed by atoms with Gasteiger partial charge in [0.05, 0.1) is 19.3 Å². The molecule has 2 heterocycles. The van der Waals surface area contributed by atoms with Crippen LogP contribution in [0.5, 0.6) is 0 Å². The number of carboxylic acids is 1. The van der Waals surface area contributed by atoms with Crippen LogP contribution in [0.25, 0.3) is 0 Å². The normalized spacial score (nSPS) is 22.7. The molecule has 0 aromatic carbocycles. The molecule has 1 aromatic heterocycles. The first-order valence-electron chi connectivity index (χ1n) is 5.32. The topological polar surface area (TPSA) is 88.5 Å². The van der Waals surface area contributed by atoms with Gasteiger partial charge in [0, 0.05) is 0 Å². The van der Waals surface area contributed by atoms with Gasteiger partial charge in [-0.3, -0.25) is 9.59 Å². The van der Waals surface area contributed by atoms with E-state index in [2.05, 4.69) is 10.3 Å². The molecule has 7 heteroatoms. The average molecular weight is 254 g/mol. The summed E-state index contributed by atoms with van der Waals surface area (Å²) in [5, 5.41) is 11.4. The van der Waals surface area contributed by atoms with Crippen molar-refractivity contribution < 1.29 is 23.8 Å². The highest BCUT2D eigenvalue weighted by Gasteiger charge is 2.35. The number of nitrogens with zero attached hydrogens (tertiary/aromatic N) is 1. The number of halogens is 1. The summed E-state index contributed by atoms with van der Waals surface area (Å²) in [4.78, 5) is 26.0. The molecule has 1 amide bonds. The smallest absolute Gasteiger partial charge is 0.311 e. The molecule has 18 heavy (non-hydrogen) atoms. The van der Waals surface area contributed by atoms with E-state index in [0.29, 0.717) is 0 Å². The van der Waals surface area contributed by atoms with Crippen molar-refractivity contribution in [3.05, 3.63) is 29.8 Å². The van der Waals surface area contributed by atoms with E-state index in [-0.39, 0.29) is 18.9 Å². The van der Waals surface area contributed by atoms with E-state index >= 15 is 0 Å². The van der Waals surface area contributed by atoms with Crippen LogP contribution < -0.4 is 5.32 Å². The van der Waals surface area contributed by atoms with Crippen LogP contribution in [-0.4, -0.2) is 41.2 Å². The van der Waals surface area contributed by atoms with Crippen LogP contribution in [0.2, 0.25) is 0 Å². The highest BCUT2D eigenvalue weighted by atomic mass is 19.1. The Labute approximate surface area is 102 Å². The van der Waals surface area contributed by atoms with Crippen LogP contribution in [0.3, 0.4) is 0 Å². The number of rotatable bonds is 3. The van der Waals surface area contributed by atoms with E-state index in [9.17, 15) is 14.0 Å². The number of hydrogen-bond acceptors (Lipinski definition) is 4. The van der Waals surface area contributed by atoms with Gasteiger partial charge < -0.3 is 15.2 Å².